The number of carbonyl (C=O) groups is 3. The average molecular weight is 484 g/mol. The zero-order valence-corrected chi connectivity index (χ0v) is 21.4. The van der Waals surface area contributed by atoms with Gasteiger partial charge in [-0.3, -0.25) is 14.5 Å². The second-order valence-corrected chi connectivity index (χ2v) is 10.6. The highest BCUT2D eigenvalue weighted by molar-refractivity contribution is 6.22. The van der Waals surface area contributed by atoms with Gasteiger partial charge in [-0.2, -0.15) is 0 Å². The third-order valence-electron chi connectivity index (χ3n) is 8.03. The molecule has 0 aliphatic carbocycles. The van der Waals surface area contributed by atoms with Gasteiger partial charge in [0.15, 0.2) is 0 Å². The lowest BCUT2D eigenvalue weighted by Crippen LogP contribution is -2.46. The molecule has 3 heterocycles. The fourth-order valence-corrected chi connectivity index (χ4v) is 5.52. The van der Waals surface area contributed by atoms with Crippen molar-refractivity contribution in [2.75, 3.05) is 44.2 Å². The fourth-order valence-electron chi connectivity index (χ4n) is 5.52. The van der Waals surface area contributed by atoms with Crippen LogP contribution in [0.3, 0.4) is 0 Å². The highest BCUT2D eigenvalue weighted by Crippen LogP contribution is 2.30. The van der Waals surface area contributed by atoms with Gasteiger partial charge in [-0.05, 0) is 107 Å². The standard InChI is InChI=1S/C28H41N3O4/c1-3-4-19-35-28(34)23-5-7-24(8-6-23)31-26(32)20-25(27(31)33)30-17-12-22(13-18-30)11-16-29-14-9-21(2)10-15-29/h5-8,21-22,25H,3-4,9-20H2,1-2H3. The highest BCUT2D eigenvalue weighted by Gasteiger charge is 2.43. The van der Waals surface area contributed by atoms with Gasteiger partial charge in [0.05, 0.1) is 30.3 Å². The van der Waals surface area contributed by atoms with E-state index in [-0.39, 0.29) is 30.2 Å². The number of nitrogens with zero attached hydrogens (tertiary/aromatic N) is 3. The monoisotopic (exact) mass is 483 g/mol. The molecule has 192 valence electrons. The van der Waals surface area contributed by atoms with Gasteiger partial charge in [-0.1, -0.05) is 20.3 Å². The molecule has 7 nitrogen and oxygen atoms in total. The Morgan fingerprint density at radius 3 is 2.34 bits per heavy atom. The lowest BCUT2D eigenvalue weighted by Gasteiger charge is -2.36. The van der Waals surface area contributed by atoms with E-state index >= 15 is 0 Å². The summed E-state index contributed by atoms with van der Waals surface area (Å²) in [6.07, 6.45) is 8.08. The molecular formula is C28H41N3O4. The molecule has 3 aliphatic rings. The van der Waals surface area contributed by atoms with Crippen LogP contribution in [-0.2, 0) is 14.3 Å². The summed E-state index contributed by atoms with van der Waals surface area (Å²) in [5, 5.41) is 0. The van der Waals surface area contributed by atoms with Crippen molar-refractivity contribution in [3.63, 3.8) is 0 Å². The minimum atomic E-state index is -0.375. The van der Waals surface area contributed by atoms with Crippen LogP contribution in [0.15, 0.2) is 24.3 Å². The molecule has 0 spiro atoms. The summed E-state index contributed by atoms with van der Waals surface area (Å²) in [5.41, 5.74) is 0.958. The maximum absolute atomic E-state index is 13.2. The van der Waals surface area contributed by atoms with Gasteiger partial charge in [0, 0.05) is 0 Å². The molecule has 0 radical (unpaired) electrons. The van der Waals surface area contributed by atoms with Gasteiger partial charge in [0.1, 0.15) is 0 Å². The molecule has 0 bridgehead atoms. The molecule has 0 saturated carbocycles. The van der Waals surface area contributed by atoms with Gasteiger partial charge in [-0.25, -0.2) is 9.69 Å². The molecule has 1 unspecified atom stereocenters. The van der Waals surface area contributed by atoms with Crippen molar-refractivity contribution >= 4 is 23.5 Å². The Kier molecular flexibility index (Phi) is 8.95. The summed E-state index contributed by atoms with van der Waals surface area (Å²) in [6.45, 7) is 10.2. The molecule has 0 N–H and O–H groups in total. The summed E-state index contributed by atoms with van der Waals surface area (Å²) in [7, 11) is 0. The first-order valence-electron chi connectivity index (χ1n) is 13.6. The Hall–Kier alpha value is -2.25. The summed E-state index contributed by atoms with van der Waals surface area (Å²) in [6, 6.07) is 6.23. The molecule has 4 rings (SSSR count). The Labute approximate surface area is 209 Å². The smallest absolute Gasteiger partial charge is 0.338 e. The number of hydrogen-bond donors (Lipinski definition) is 0. The van der Waals surface area contributed by atoms with Crippen LogP contribution < -0.4 is 4.90 Å². The number of hydrogen-bond acceptors (Lipinski definition) is 6. The van der Waals surface area contributed by atoms with Gasteiger partial charge < -0.3 is 9.64 Å². The second kappa shape index (κ2) is 12.1. The van der Waals surface area contributed by atoms with Crippen LogP contribution in [0.25, 0.3) is 0 Å². The summed E-state index contributed by atoms with van der Waals surface area (Å²) in [4.78, 5) is 44.2. The second-order valence-electron chi connectivity index (χ2n) is 10.6. The number of imide groups is 1. The van der Waals surface area contributed by atoms with Crippen molar-refractivity contribution in [3.8, 4) is 0 Å². The van der Waals surface area contributed by atoms with E-state index in [1.54, 1.807) is 24.3 Å². The first-order chi connectivity index (χ1) is 17.0. The quantitative estimate of drug-likeness (QED) is 0.299. The van der Waals surface area contributed by atoms with Crippen molar-refractivity contribution in [1.29, 1.82) is 0 Å². The number of likely N-dealkylation sites (tertiary alicyclic amines) is 2. The third kappa shape index (κ3) is 6.50. The summed E-state index contributed by atoms with van der Waals surface area (Å²) >= 11 is 0. The van der Waals surface area contributed by atoms with E-state index in [0.717, 1.165) is 44.7 Å². The number of benzene rings is 1. The molecular weight excluding hydrogens is 442 g/mol. The fraction of sp³-hybridized carbons (Fsp3) is 0.679. The van der Waals surface area contributed by atoms with Crippen LogP contribution in [0.1, 0.15) is 75.6 Å². The molecule has 0 aromatic heterocycles. The number of ether oxygens (including phenoxy) is 1. The van der Waals surface area contributed by atoms with E-state index in [2.05, 4.69) is 16.7 Å². The van der Waals surface area contributed by atoms with E-state index in [1.807, 2.05) is 6.92 Å². The topological polar surface area (TPSA) is 70.2 Å². The number of anilines is 1. The average Bonchev–Trinajstić information content (AvgIpc) is 3.17. The molecule has 7 heteroatoms. The third-order valence-corrected chi connectivity index (χ3v) is 8.03. The van der Waals surface area contributed by atoms with E-state index in [0.29, 0.717) is 23.8 Å². The summed E-state index contributed by atoms with van der Waals surface area (Å²) < 4.78 is 5.24. The SMILES string of the molecule is CCCCOC(=O)c1ccc(N2C(=O)CC(N3CCC(CCN4CCC(C)CC4)CC3)C2=O)cc1. The Balaban J connectivity index is 1.26. The van der Waals surface area contributed by atoms with Crippen molar-refractivity contribution in [2.45, 2.75) is 71.3 Å². The number of piperidine rings is 2. The van der Waals surface area contributed by atoms with Crippen LogP contribution in [0.5, 0.6) is 0 Å². The van der Waals surface area contributed by atoms with Gasteiger partial charge in [0.25, 0.3) is 5.91 Å². The molecule has 1 aromatic carbocycles. The number of amides is 2. The Bertz CT molecular complexity index is 871. The maximum atomic E-state index is 13.2. The van der Waals surface area contributed by atoms with Gasteiger partial charge in [0.2, 0.25) is 5.91 Å². The highest BCUT2D eigenvalue weighted by atomic mass is 16.5. The molecule has 1 aromatic rings. The van der Waals surface area contributed by atoms with Crippen LogP contribution in [-0.4, -0.2) is 73.0 Å². The number of esters is 1. The van der Waals surface area contributed by atoms with E-state index in [9.17, 15) is 14.4 Å². The largest absolute Gasteiger partial charge is 0.462 e. The first kappa shape index (κ1) is 25.8. The maximum Gasteiger partial charge on any atom is 0.338 e. The number of rotatable bonds is 9. The minimum Gasteiger partial charge on any atom is -0.462 e. The summed E-state index contributed by atoms with van der Waals surface area (Å²) in [5.74, 6) is 0.887. The van der Waals surface area contributed by atoms with Crippen molar-refractivity contribution in [1.82, 2.24) is 9.80 Å². The van der Waals surface area contributed by atoms with Crippen molar-refractivity contribution < 1.29 is 19.1 Å². The molecule has 2 amide bonds. The van der Waals surface area contributed by atoms with Gasteiger partial charge >= 0.3 is 5.97 Å². The van der Waals surface area contributed by atoms with Crippen LogP contribution in [0.2, 0.25) is 0 Å². The van der Waals surface area contributed by atoms with E-state index < -0.39 is 0 Å². The predicted octanol–water partition coefficient (Wildman–Crippen LogP) is 4.11. The van der Waals surface area contributed by atoms with Crippen LogP contribution >= 0.6 is 0 Å². The van der Waals surface area contributed by atoms with Crippen molar-refractivity contribution in [3.05, 3.63) is 29.8 Å². The first-order valence-corrected chi connectivity index (χ1v) is 13.6. The van der Waals surface area contributed by atoms with Crippen LogP contribution in [0, 0.1) is 11.8 Å². The lowest BCUT2D eigenvalue weighted by atomic mass is 9.91. The Morgan fingerprint density at radius 2 is 1.69 bits per heavy atom. The Morgan fingerprint density at radius 1 is 1.00 bits per heavy atom. The zero-order valence-electron chi connectivity index (χ0n) is 21.4. The molecule has 3 saturated heterocycles. The van der Waals surface area contributed by atoms with Gasteiger partial charge in [-0.15, -0.1) is 0 Å². The minimum absolute atomic E-state index is 0.144. The molecule has 1 atom stereocenters. The predicted molar refractivity (Wildman–Crippen MR) is 136 cm³/mol. The van der Waals surface area contributed by atoms with Crippen LogP contribution in [0.4, 0.5) is 5.69 Å². The molecule has 35 heavy (non-hydrogen) atoms. The van der Waals surface area contributed by atoms with Crippen molar-refractivity contribution in [2.24, 2.45) is 11.8 Å². The molecule has 3 fully saturated rings. The zero-order chi connectivity index (χ0) is 24.8. The number of carbonyl (C=O) groups excluding carboxylic acids is 3. The number of unbranched alkanes of at least 4 members (excludes halogenated alkanes) is 1. The molecule has 3 aliphatic heterocycles. The normalized spacial score (nSPS) is 23.3. The lowest BCUT2D eigenvalue weighted by molar-refractivity contribution is -0.123. The van der Waals surface area contributed by atoms with E-state index in [1.165, 1.54) is 43.8 Å². The van der Waals surface area contributed by atoms with E-state index in [4.69, 9.17) is 4.74 Å².